The number of thiophene rings is 1. The molecular formula is C20H27N4OS+. The van der Waals surface area contributed by atoms with Crippen LogP contribution in [-0.2, 0) is 24.2 Å². The second-order valence-corrected chi connectivity index (χ2v) is 9.10. The van der Waals surface area contributed by atoms with Crippen LogP contribution in [0, 0.1) is 0 Å². The number of hydrogen-bond acceptors (Lipinski definition) is 5. The van der Waals surface area contributed by atoms with E-state index in [0.29, 0.717) is 18.6 Å². The van der Waals surface area contributed by atoms with E-state index in [1.165, 1.54) is 65.9 Å². The van der Waals surface area contributed by atoms with E-state index >= 15 is 0 Å². The maximum absolute atomic E-state index is 11.7. The Kier molecular flexibility index (Phi) is 4.41. The average Bonchev–Trinajstić information content (AvgIpc) is 3.23. The molecule has 26 heavy (non-hydrogen) atoms. The van der Waals surface area contributed by atoms with Crippen LogP contribution in [-0.4, -0.2) is 41.9 Å². The van der Waals surface area contributed by atoms with E-state index in [-0.39, 0.29) is 0 Å². The van der Waals surface area contributed by atoms with Crippen molar-refractivity contribution in [3.8, 4) is 0 Å². The molecule has 2 aromatic rings. The minimum absolute atomic E-state index is 0.389. The number of aryl methyl sites for hydroxylation is 2. The molecule has 1 aliphatic carbocycles. The Hall–Kier alpha value is -1.53. The molecule has 2 saturated heterocycles. The van der Waals surface area contributed by atoms with Crippen molar-refractivity contribution in [2.24, 2.45) is 0 Å². The van der Waals surface area contributed by atoms with Crippen LogP contribution in [0.3, 0.4) is 0 Å². The number of carbonyl (C=O) groups is 1. The molecule has 0 amide bonds. The molecule has 2 aromatic heterocycles. The summed E-state index contributed by atoms with van der Waals surface area (Å²) in [4.78, 5) is 28.5. The molecule has 1 N–H and O–H groups in total. The molecule has 3 aliphatic rings. The highest BCUT2D eigenvalue weighted by Gasteiger charge is 2.27. The van der Waals surface area contributed by atoms with Gasteiger partial charge in [0.05, 0.1) is 18.5 Å². The molecular weight excluding hydrogens is 344 g/mol. The lowest BCUT2D eigenvalue weighted by Crippen LogP contribution is -3.11. The van der Waals surface area contributed by atoms with E-state index in [9.17, 15) is 4.79 Å². The number of hydrogen-bond donors (Lipinski definition) is 1. The number of fused-ring (bicyclic) bond motifs is 3. The zero-order valence-electron chi connectivity index (χ0n) is 15.4. The van der Waals surface area contributed by atoms with Gasteiger partial charge in [-0.15, -0.1) is 11.3 Å². The van der Waals surface area contributed by atoms with Crippen molar-refractivity contribution < 1.29 is 9.69 Å². The van der Waals surface area contributed by atoms with Crippen LogP contribution in [0.25, 0.3) is 10.2 Å². The van der Waals surface area contributed by atoms with Gasteiger partial charge in [0.15, 0.2) is 5.82 Å². The first-order valence-corrected chi connectivity index (χ1v) is 11.0. The molecule has 0 spiro atoms. The van der Waals surface area contributed by atoms with E-state index in [4.69, 9.17) is 9.97 Å². The number of nitrogens with one attached hydrogen (secondary N) is 1. The second kappa shape index (κ2) is 6.89. The highest BCUT2D eigenvalue weighted by molar-refractivity contribution is 7.19. The van der Waals surface area contributed by atoms with E-state index in [2.05, 4.69) is 4.90 Å². The lowest BCUT2D eigenvalue weighted by atomic mass is 10.1. The standard InChI is InChI=1S/C20H26N4OS/c25-14-7-11-24(12-8-14)19-18-15-5-4-6-16(15)26-20(18)22-17(21-19)13-23-9-2-1-3-10-23/h1-13H2/p+1. The molecule has 138 valence electrons. The van der Waals surface area contributed by atoms with Gasteiger partial charge in [-0.05, 0) is 44.1 Å². The van der Waals surface area contributed by atoms with Crippen LogP contribution in [0.2, 0.25) is 0 Å². The third kappa shape index (κ3) is 3.03. The summed E-state index contributed by atoms with van der Waals surface area (Å²) < 4.78 is 0. The van der Waals surface area contributed by atoms with Crippen LogP contribution in [0.5, 0.6) is 0 Å². The molecule has 2 fully saturated rings. The summed E-state index contributed by atoms with van der Waals surface area (Å²) in [6, 6.07) is 0. The van der Waals surface area contributed by atoms with Crippen molar-refractivity contribution in [3.63, 3.8) is 0 Å². The minimum Gasteiger partial charge on any atom is -0.355 e. The summed E-state index contributed by atoms with van der Waals surface area (Å²) in [6.07, 6.45) is 8.95. The second-order valence-electron chi connectivity index (χ2n) is 8.01. The Bertz CT molecular complexity index is 830. The van der Waals surface area contributed by atoms with Crippen LogP contribution >= 0.6 is 11.3 Å². The first-order chi connectivity index (χ1) is 12.8. The lowest BCUT2D eigenvalue weighted by molar-refractivity contribution is -0.919. The fraction of sp³-hybridized carbons (Fsp3) is 0.650. The number of likely N-dealkylation sites (tertiary alicyclic amines) is 1. The Labute approximate surface area is 158 Å². The number of carbonyl (C=O) groups excluding carboxylic acids is 1. The van der Waals surface area contributed by atoms with Crippen molar-refractivity contribution in [2.75, 3.05) is 31.1 Å². The third-order valence-corrected chi connectivity index (χ3v) is 7.37. The quantitative estimate of drug-likeness (QED) is 0.896. The largest absolute Gasteiger partial charge is 0.355 e. The summed E-state index contributed by atoms with van der Waals surface area (Å²) >= 11 is 1.89. The number of quaternary nitrogens is 1. The number of Topliss-reactive ketones (excluding diaryl/α,β-unsaturated/α-hetero) is 1. The fourth-order valence-corrected chi connectivity index (χ4v) is 6.02. The van der Waals surface area contributed by atoms with E-state index in [0.717, 1.165) is 37.7 Å². The van der Waals surface area contributed by atoms with Crippen molar-refractivity contribution >= 4 is 33.2 Å². The van der Waals surface area contributed by atoms with Gasteiger partial charge < -0.3 is 9.80 Å². The van der Waals surface area contributed by atoms with Crippen LogP contribution in [0.1, 0.15) is 54.8 Å². The predicted molar refractivity (Wildman–Crippen MR) is 104 cm³/mol. The molecule has 4 heterocycles. The minimum atomic E-state index is 0.389. The number of rotatable bonds is 3. The van der Waals surface area contributed by atoms with Gasteiger partial charge in [0, 0.05) is 30.8 Å². The van der Waals surface area contributed by atoms with Gasteiger partial charge >= 0.3 is 0 Å². The summed E-state index contributed by atoms with van der Waals surface area (Å²) in [7, 11) is 0. The van der Waals surface area contributed by atoms with Crippen molar-refractivity contribution in [1.82, 2.24) is 9.97 Å². The van der Waals surface area contributed by atoms with E-state index < -0.39 is 0 Å². The van der Waals surface area contributed by atoms with E-state index in [1.54, 1.807) is 4.90 Å². The smallest absolute Gasteiger partial charge is 0.187 e. The van der Waals surface area contributed by atoms with Gasteiger partial charge in [-0.1, -0.05) is 0 Å². The van der Waals surface area contributed by atoms with Crippen molar-refractivity contribution in [3.05, 3.63) is 16.3 Å². The summed E-state index contributed by atoms with van der Waals surface area (Å²) in [6.45, 7) is 5.06. The van der Waals surface area contributed by atoms with Gasteiger partial charge in [0.1, 0.15) is 23.0 Å². The molecule has 0 atom stereocenters. The zero-order chi connectivity index (χ0) is 17.5. The maximum Gasteiger partial charge on any atom is 0.187 e. The summed E-state index contributed by atoms with van der Waals surface area (Å²) in [5.41, 5.74) is 1.49. The highest BCUT2D eigenvalue weighted by atomic mass is 32.1. The molecule has 0 unspecified atom stereocenters. The number of piperidine rings is 2. The highest BCUT2D eigenvalue weighted by Crippen LogP contribution is 2.40. The van der Waals surface area contributed by atoms with Gasteiger partial charge in [-0.3, -0.25) is 4.79 Å². The Morgan fingerprint density at radius 1 is 0.962 bits per heavy atom. The maximum atomic E-state index is 11.7. The lowest BCUT2D eigenvalue weighted by Gasteiger charge is -2.28. The van der Waals surface area contributed by atoms with Gasteiger partial charge in [-0.2, -0.15) is 0 Å². The van der Waals surface area contributed by atoms with Crippen molar-refractivity contribution in [2.45, 2.75) is 57.9 Å². The molecule has 0 radical (unpaired) electrons. The summed E-state index contributed by atoms with van der Waals surface area (Å²) in [5, 5.41) is 1.30. The Morgan fingerprint density at radius 2 is 1.77 bits per heavy atom. The average molecular weight is 372 g/mol. The van der Waals surface area contributed by atoms with Crippen LogP contribution < -0.4 is 9.80 Å². The first kappa shape index (κ1) is 16.6. The van der Waals surface area contributed by atoms with Crippen molar-refractivity contribution in [1.29, 1.82) is 0 Å². The topological polar surface area (TPSA) is 50.5 Å². The first-order valence-electron chi connectivity index (χ1n) is 10.2. The normalized spacial score (nSPS) is 21.5. The third-order valence-electron chi connectivity index (χ3n) is 6.18. The molecule has 5 nitrogen and oxygen atoms in total. The number of ketones is 1. The monoisotopic (exact) mass is 371 g/mol. The van der Waals surface area contributed by atoms with Gasteiger partial charge in [0.25, 0.3) is 0 Å². The van der Waals surface area contributed by atoms with Crippen LogP contribution in [0.15, 0.2) is 0 Å². The predicted octanol–water partition coefficient (Wildman–Crippen LogP) is 1.92. The van der Waals surface area contributed by atoms with Gasteiger partial charge in [-0.25, -0.2) is 9.97 Å². The fourth-order valence-electron chi connectivity index (χ4n) is 4.75. The SMILES string of the molecule is O=C1CCN(c2nc(C[NH+]3CCCCC3)nc3sc4c(c23)CCC4)CC1. The molecule has 5 rings (SSSR count). The Morgan fingerprint density at radius 3 is 2.58 bits per heavy atom. The van der Waals surface area contributed by atoms with Crippen LogP contribution in [0.4, 0.5) is 5.82 Å². The molecule has 2 aliphatic heterocycles. The Balaban J connectivity index is 1.54. The molecule has 0 saturated carbocycles. The number of aromatic nitrogens is 2. The molecule has 0 bridgehead atoms. The zero-order valence-corrected chi connectivity index (χ0v) is 16.2. The summed E-state index contributed by atoms with van der Waals surface area (Å²) in [5.74, 6) is 2.51. The van der Waals surface area contributed by atoms with E-state index in [1.807, 2.05) is 11.3 Å². The number of nitrogens with zero attached hydrogens (tertiary/aromatic N) is 3. The van der Waals surface area contributed by atoms with Gasteiger partial charge in [0.2, 0.25) is 0 Å². The molecule has 0 aromatic carbocycles. The number of anilines is 1. The molecule has 6 heteroatoms.